The molecule has 0 saturated carbocycles. The number of nitrogens with zero attached hydrogens (tertiary/aromatic N) is 1. The Balaban J connectivity index is 2.37. The van der Waals surface area contributed by atoms with Crippen LogP contribution in [0.5, 0.6) is 5.75 Å². The number of hydrogen-bond donors (Lipinski definition) is 3. The second-order valence-corrected chi connectivity index (χ2v) is 4.29. The molecule has 1 rings (SSSR count). The highest BCUT2D eigenvalue weighted by molar-refractivity contribution is 5.97. The molecule has 6 heteroatoms. The number of nitriles is 1. The number of aromatic hydroxyl groups is 1. The molecule has 1 amide bonds. The molecule has 0 aromatic heterocycles. The number of phenols is 1. The summed E-state index contributed by atoms with van der Waals surface area (Å²) in [6, 6.07) is 8.73. The van der Waals surface area contributed by atoms with Crippen molar-refractivity contribution in [3.05, 3.63) is 41.6 Å². The Morgan fingerprint density at radius 2 is 2.10 bits per heavy atom. The molecule has 6 nitrogen and oxygen atoms in total. The number of methoxy groups -OCH3 is 1. The first kappa shape index (κ1) is 16.5. The molecule has 0 aliphatic heterocycles. The van der Waals surface area contributed by atoms with Gasteiger partial charge in [0.15, 0.2) is 0 Å². The fourth-order valence-corrected chi connectivity index (χ4v) is 1.56. The van der Waals surface area contributed by atoms with Crippen LogP contribution in [0.1, 0.15) is 5.56 Å². The summed E-state index contributed by atoms with van der Waals surface area (Å²) in [7, 11) is 1.54. The van der Waals surface area contributed by atoms with Gasteiger partial charge in [0, 0.05) is 26.4 Å². The van der Waals surface area contributed by atoms with Gasteiger partial charge < -0.3 is 20.5 Å². The largest absolute Gasteiger partial charge is 0.508 e. The Morgan fingerprint density at radius 1 is 1.38 bits per heavy atom. The van der Waals surface area contributed by atoms with Gasteiger partial charge in [0.25, 0.3) is 5.91 Å². The molecule has 0 atom stereocenters. The zero-order chi connectivity index (χ0) is 15.5. The van der Waals surface area contributed by atoms with Gasteiger partial charge in [0.2, 0.25) is 0 Å². The van der Waals surface area contributed by atoms with E-state index in [1.54, 1.807) is 12.1 Å². The van der Waals surface area contributed by atoms with E-state index in [1.807, 2.05) is 18.2 Å². The Hall–Kier alpha value is -2.52. The van der Waals surface area contributed by atoms with E-state index in [4.69, 9.17) is 15.1 Å². The summed E-state index contributed by atoms with van der Waals surface area (Å²) in [6.45, 7) is 1.35. The summed E-state index contributed by atoms with van der Waals surface area (Å²) in [5, 5.41) is 23.6. The van der Waals surface area contributed by atoms with Crippen LogP contribution in [0, 0.1) is 11.3 Å². The highest BCUT2D eigenvalue weighted by Gasteiger charge is 2.07. The van der Waals surface area contributed by atoms with Crippen molar-refractivity contribution >= 4 is 5.91 Å². The first-order valence-electron chi connectivity index (χ1n) is 6.56. The molecule has 3 N–H and O–H groups in total. The summed E-state index contributed by atoms with van der Waals surface area (Å²) < 4.78 is 4.81. The van der Waals surface area contributed by atoms with E-state index in [-0.39, 0.29) is 11.3 Å². The SMILES string of the molecule is COCCNC(=O)/C(C#N)=C\NCCc1ccc(O)cc1. The summed E-state index contributed by atoms with van der Waals surface area (Å²) in [4.78, 5) is 11.6. The molecule has 112 valence electrons. The van der Waals surface area contributed by atoms with Crippen LogP contribution >= 0.6 is 0 Å². The summed E-state index contributed by atoms with van der Waals surface area (Å²) in [5.74, 6) is -0.196. The normalized spacial score (nSPS) is 10.8. The molecule has 0 aliphatic carbocycles. The van der Waals surface area contributed by atoms with Gasteiger partial charge in [-0.1, -0.05) is 12.1 Å². The fourth-order valence-electron chi connectivity index (χ4n) is 1.56. The predicted octanol–water partition coefficient (Wildman–Crippen LogP) is 0.694. The highest BCUT2D eigenvalue weighted by atomic mass is 16.5. The minimum absolute atomic E-state index is 0.0248. The number of benzene rings is 1. The molecular weight excluding hydrogens is 270 g/mol. The molecule has 0 radical (unpaired) electrons. The molecule has 0 saturated heterocycles. The second kappa shape index (κ2) is 9.39. The Bertz CT molecular complexity index is 518. The Kier molecular flexibility index (Phi) is 7.40. The Labute approximate surface area is 124 Å². The van der Waals surface area contributed by atoms with Crippen molar-refractivity contribution < 1.29 is 14.6 Å². The van der Waals surface area contributed by atoms with Crippen molar-refractivity contribution in [1.29, 1.82) is 5.26 Å². The van der Waals surface area contributed by atoms with Crippen molar-refractivity contribution in [2.75, 3.05) is 26.8 Å². The third kappa shape index (κ3) is 6.45. The zero-order valence-corrected chi connectivity index (χ0v) is 11.9. The number of nitrogens with one attached hydrogen (secondary N) is 2. The molecule has 0 bridgehead atoms. The first-order valence-corrected chi connectivity index (χ1v) is 6.56. The molecule has 0 heterocycles. The van der Waals surface area contributed by atoms with E-state index >= 15 is 0 Å². The number of phenolic OH excluding ortho intramolecular Hbond substituents is 1. The Morgan fingerprint density at radius 3 is 2.71 bits per heavy atom. The number of rotatable bonds is 8. The van der Waals surface area contributed by atoms with Gasteiger partial charge in [-0.05, 0) is 24.1 Å². The molecule has 0 unspecified atom stereocenters. The van der Waals surface area contributed by atoms with Gasteiger partial charge in [-0.15, -0.1) is 0 Å². The molecular formula is C15H19N3O3. The summed E-state index contributed by atoms with van der Waals surface area (Å²) >= 11 is 0. The first-order chi connectivity index (χ1) is 10.2. The van der Waals surface area contributed by atoms with Crippen molar-refractivity contribution in [3.63, 3.8) is 0 Å². The lowest BCUT2D eigenvalue weighted by molar-refractivity contribution is -0.117. The zero-order valence-electron chi connectivity index (χ0n) is 11.9. The van der Waals surface area contributed by atoms with E-state index in [0.717, 1.165) is 12.0 Å². The van der Waals surface area contributed by atoms with E-state index in [2.05, 4.69) is 10.6 Å². The lowest BCUT2D eigenvalue weighted by Crippen LogP contribution is -2.28. The number of carbonyl (C=O) groups is 1. The average molecular weight is 289 g/mol. The number of amides is 1. The van der Waals surface area contributed by atoms with Gasteiger partial charge in [-0.3, -0.25) is 4.79 Å². The molecule has 1 aromatic rings. The number of ether oxygens (including phenoxy) is 1. The predicted molar refractivity (Wildman–Crippen MR) is 78.4 cm³/mol. The third-order valence-corrected chi connectivity index (χ3v) is 2.70. The van der Waals surface area contributed by atoms with Crippen LogP contribution in [-0.4, -0.2) is 37.8 Å². The second-order valence-electron chi connectivity index (χ2n) is 4.29. The topological polar surface area (TPSA) is 94.4 Å². The fraction of sp³-hybridized carbons (Fsp3) is 0.333. The van der Waals surface area contributed by atoms with E-state index in [9.17, 15) is 4.79 Å². The van der Waals surface area contributed by atoms with Crippen LogP contribution in [0.4, 0.5) is 0 Å². The van der Waals surface area contributed by atoms with Crippen molar-refractivity contribution in [1.82, 2.24) is 10.6 Å². The maximum absolute atomic E-state index is 11.6. The van der Waals surface area contributed by atoms with Crippen LogP contribution in [0.25, 0.3) is 0 Å². The van der Waals surface area contributed by atoms with Gasteiger partial charge >= 0.3 is 0 Å². The van der Waals surface area contributed by atoms with Crippen LogP contribution in [-0.2, 0) is 16.0 Å². The molecule has 0 spiro atoms. The van der Waals surface area contributed by atoms with Crippen LogP contribution in [0.15, 0.2) is 36.0 Å². The van der Waals surface area contributed by atoms with Crippen molar-refractivity contribution in [3.8, 4) is 11.8 Å². The highest BCUT2D eigenvalue weighted by Crippen LogP contribution is 2.09. The van der Waals surface area contributed by atoms with E-state index in [1.165, 1.54) is 13.3 Å². The molecule has 21 heavy (non-hydrogen) atoms. The maximum atomic E-state index is 11.6. The molecule has 0 fully saturated rings. The smallest absolute Gasteiger partial charge is 0.263 e. The van der Waals surface area contributed by atoms with Crippen LogP contribution < -0.4 is 10.6 Å². The summed E-state index contributed by atoms with van der Waals surface area (Å²) in [6.07, 6.45) is 2.13. The minimum atomic E-state index is -0.424. The average Bonchev–Trinajstić information content (AvgIpc) is 2.49. The monoisotopic (exact) mass is 289 g/mol. The summed E-state index contributed by atoms with van der Waals surface area (Å²) in [5.41, 5.74) is 1.08. The quantitative estimate of drug-likeness (QED) is 0.372. The van der Waals surface area contributed by atoms with Crippen molar-refractivity contribution in [2.24, 2.45) is 0 Å². The van der Waals surface area contributed by atoms with Gasteiger partial charge in [0.05, 0.1) is 6.61 Å². The lowest BCUT2D eigenvalue weighted by Gasteiger charge is -2.05. The number of hydrogen-bond acceptors (Lipinski definition) is 5. The van der Waals surface area contributed by atoms with E-state index in [0.29, 0.717) is 19.7 Å². The van der Waals surface area contributed by atoms with E-state index < -0.39 is 5.91 Å². The number of carbonyl (C=O) groups excluding carboxylic acids is 1. The standard InChI is InChI=1S/C15H19N3O3/c1-21-9-8-18-15(20)13(10-16)11-17-7-6-12-2-4-14(19)5-3-12/h2-5,11,17,19H,6-9H2,1H3,(H,18,20)/b13-11-. The van der Waals surface area contributed by atoms with Crippen LogP contribution in [0.2, 0.25) is 0 Å². The minimum Gasteiger partial charge on any atom is -0.508 e. The van der Waals surface area contributed by atoms with Gasteiger partial charge in [-0.25, -0.2) is 0 Å². The van der Waals surface area contributed by atoms with Crippen LogP contribution in [0.3, 0.4) is 0 Å². The molecule has 1 aromatic carbocycles. The van der Waals surface area contributed by atoms with Gasteiger partial charge in [-0.2, -0.15) is 5.26 Å². The maximum Gasteiger partial charge on any atom is 0.263 e. The van der Waals surface area contributed by atoms with Crippen molar-refractivity contribution in [2.45, 2.75) is 6.42 Å². The van der Waals surface area contributed by atoms with Gasteiger partial charge in [0.1, 0.15) is 17.4 Å². The lowest BCUT2D eigenvalue weighted by atomic mass is 10.1. The third-order valence-electron chi connectivity index (χ3n) is 2.70. The molecule has 0 aliphatic rings.